The second-order valence-electron chi connectivity index (χ2n) is 7.29. The van der Waals surface area contributed by atoms with Crippen LogP contribution >= 0.6 is 0 Å². The molecule has 0 spiro atoms. The maximum Gasteiger partial charge on any atom is 0.0640 e. The molecule has 0 atom stereocenters. The van der Waals surface area contributed by atoms with Gasteiger partial charge in [0.2, 0.25) is 0 Å². The van der Waals surface area contributed by atoms with Crippen LogP contribution in [0.25, 0.3) is 10.9 Å². The fourth-order valence-electron chi connectivity index (χ4n) is 3.60. The molecule has 0 bridgehead atoms. The van der Waals surface area contributed by atoms with Gasteiger partial charge in [0.1, 0.15) is 0 Å². The molecule has 0 unspecified atom stereocenters. The fourth-order valence-corrected chi connectivity index (χ4v) is 3.60. The summed E-state index contributed by atoms with van der Waals surface area (Å²) in [6, 6.07) is 10.7. The first-order valence-corrected chi connectivity index (χ1v) is 9.09. The Balaban J connectivity index is 1.65. The van der Waals surface area contributed by atoms with Gasteiger partial charge in [-0.1, -0.05) is 18.2 Å². The van der Waals surface area contributed by atoms with Crippen molar-refractivity contribution in [1.82, 2.24) is 14.8 Å². The Kier molecular flexibility index (Phi) is 5.74. The van der Waals surface area contributed by atoms with E-state index in [1.54, 1.807) is 0 Å². The van der Waals surface area contributed by atoms with Crippen molar-refractivity contribution in [3.63, 3.8) is 0 Å². The molecule has 1 aromatic carbocycles. The third kappa shape index (κ3) is 4.21. The first-order valence-electron chi connectivity index (χ1n) is 9.09. The summed E-state index contributed by atoms with van der Waals surface area (Å²) in [5.74, 6) is 0. The number of fused-ring (bicyclic) bond motifs is 1. The SMILES string of the molecule is CC(C)(CNCc1cn(CCC#N)c2ccccc12)N1CCOCC1. The lowest BCUT2D eigenvalue weighted by Gasteiger charge is -2.41. The van der Waals surface area contributed by atoms with E-state index in [0.29, 0.717) is 6.42 Å². The Morgan fingerprint density at radius 1 is 1.24 bits per heavy atom. The van der Waals surface area contributed by atoms with E-state index in [1.807, 2.05) is 0 Å². The Bertz CT molecular complexity index is 738. The van der Waals surface area contributed by atoms with Gasteiger partial charge in [0, 0.05) is 55.4 Å². The lowest BCUT2D eigenvalue weighted by atomic mass is 10.0. The highest BCUT2D eigenvalue weighted by molar-refractivity contribution is 5.83. The standard InChI is InChI=1S/C20H28N4O/c1-20(2,24-10-12-25-13-11-24)16-22-14-17-15-23(9-5-8-21)19-7-4-3-6-18(17)19/h3-4,6-7,15,22H,5,9-14,16H2,1-2H3. The summed E-state index contributed by atoms with van der Waals surface area (Å²) in [5, 5.41) is 13.8. The van der Waals surface area contributed by atoms with Crippen LogP contribution in [0.5, 0.6) is 0 Å². The summed E-state index contributed by atoms with van der Waals surface area (Å²) in [6.07, 6.45) is 2.73. The number of benzene rings is 1. The van der Waals surface area contributed by atoms with Crippen molar-refractivity contribution in [3.05, 3.63) is 36.0 Å². The molecule has 2 aromatic rings. The largest absolute Gasteiger partial charge is 0.379 e. The molecule has 3 rings (SSSR count). The van der Waals surface area contributed by atoms with Crippen molar-refractivity contribution in [3.8, 4) is 6.07 Å². The van der Waals surface area contributed by atoms with Gasteiger partial charge in [-0.05, 0) is 25.5 Å². The summed E-state index contributed by atoms with van der Waals surface area (Å²) in [4.78, 5) is 2.50. The van der Waals surface area contributed by atoms with E-state index < -0.39 is 0 Å². The molecule has 0 radical (unpaired) electrons. The zero-order valence-corrected chi connectivity index (χ0v) is 15.3. The predicted octanol–water partition coefficient (Wildman–Crippen LogP) is 2.76. The molecule has 1 aliphatic rings. The van der Waals surface area contributed by atoms with E-state index in [1.165, 1.54) is 16.5 Å². The number of para-hydroxylation sites is 1. The number of nitrogens with one attached hydrogen (secondary N) is 1. The number of aryl methyl sites for hydroxylation is 1. The first kappa shape index (κ1) is 17.9. The minimum absolute atomic E-state index is 0.114. The molecule has 0 saturated carbocycles. The number of ether oxygens (including phenoxy) is 1. The molecule has 5 nitrogen and oxygen atoms in total. The van der Waals surface area contributed by atoms with Crippen LogP contribution in [0.3, 0.4) is 0 Å². The highest BCUT2D eigenvalue weighted by Gasteiger charge is 2.27. The second-order valence-corrected chi connectivity index (χ2v) is 7.29. The van der Waals surface area contributed by atoms with E-state index in [4.69, 9.17) is 10.00 Å². The van der Waals surface area contributed by atoms with Crippen LogP contribution in [0.4, 0.5) is 0 Å². The van der Waals surface area contributed by atoms with Gasteiger partial charge in [-0.2, -0.15) is 5.26 Å². The third-order valence-electron chi connectivity index (χ3n) is 5.08. The first-order chi connectivity index (χ1) is 12.1. The topological polar surface area (TPSA) is 53.2 Å². The van der Waals surface area contributed by atoms with E-state index in [-0.39, 0.29) is 5.54 Å². The molecule has 1 fully saturated rings. The van der Waals surface area contributed by atoms with Crippen molar-refractivity contribution in [1.29, 1.82) is 5.26 Å². The number of hydrogen-bond donors (Lipinski definition) is 1. The van der Waals surface area contributed by atoms with Crippen LogP contribution in [0.2, 0.25) is 0 Å². The smallest absolute Gasteiger partial charge is 0.0640 e. The molecule has 5 heteroatoms. The van der Waals surface area contributed by atoms with E-state index in [2.05, 4.69) is 65.2 Å². The van der Waals surface area contributed by atoms with Gasteiger partial charge in [0.15, 0.2) is 0 Å². The minimum atomic E-state index is 0.114. The van der Waals surface area contributed by atoms with Crippen LogP contribution in [0.15, 0.2) is 30.5 Å². The molecule has 0 aliphatic carbocycles. The zero-order valence-electron chi connectivity index (χ0n) is 15.3. The molecule has 1 aliphatic heterocycles. The van der Waals surface area contributed by atoms with E-state index in [0.717, 1.165) is 45.9 Å². The molecule has 1 saturated heterocycles. The van der Waals surface area contributed by atoms with Crippen molar-refractivity contribution in [2.45, 2.75) is 38.9 Å². The number of nitrogens with zero attached hydrogens (tertiary/aromatic N) is 3. The van der Waals surface area contributed by atoms with Crippen LogP contribution in [0, 0.1) is 11.3 Å². The van der Waals surface area contributed by atoms with Crippen molar-refractivity contribution in [2.24, 2.45) is 0 Å². The van der Waals surface area contributed by atoms with Gasteiger partial charge in [-0.15, -0.1) is 0 Å². The Morgan fingerprint density at radius 2 is 2.00 bits per heavy atom. The van der Waals surface area contributed by atoms with Crippen molar-refractivity contribution < 1.29 is 4.74 Å². The van der Waals surface area contributed by atoms with Crippen LogP contribution in [-0.2, 0) is 17.8 Å². The van der Waals surface area contributed by atoms with Gasteiger partial charge < -0.3 is 14.6 Å². The number of aromatic nitrogens is 1. The monoisotopic (exact) mass is 340 g/mol. The average molecular weight is 340 g/mol. The number of nitriles is 1. The number of morpholine rings is 1. The molecule has 0 amide bonds. The number of hydrogen-bond acceptors (Lipinski definition) is 4. The average Bonchev–Trinajstić information content (AvgIpc) is 2.99. The molecule has 25 heavy (non-hydrogen) atoms. The van der Waals surface area contributed by atoms with Gasteiger partial charge >= 0.3 is 0 Å². The van der Waals surface area contributed by atoms with Gasteiger partial charge in [0.25, 0.3) is 0 Å². The van der Waals surface area contributed by atoms with E-state index in [9.17, 15) is 0 Å². The molecule has 2 heterocycles. The lowest BCUT2D eigenvalue weighted by molar-refractivity contribution is -0.00966. The van der Waals surface area contributed by atoms with Gasteiger partial charge in [0.05, 0.1) is 25.7 Å². The van der Waals surface area contributed by atoms with Crippen molar-refractivity contribution >= 4 is 10.9 Å². The van der Waals surface area contributed by atoms with Gasteiger partial charge in [-0.25, -0.2) is 0 Å². The highest BCUT2D eigenvalue weighted by Crippen LogP contribution is 2.22. The third-order valence-corrected chi connectivity index (χ3v) is 5.08. The molecule has 134 valence electrons. The normalized spacial score (nSPS) is 16.2. The minimum Gasteiger partial charge on any atom is -0.379 e. The van der Waals surface area contributed by atoms with Crippen LogP contribution in [-0.4, -0.2) is 47.9 Å². The highest BCUT2D eigenvalue weighted by atomic mass is 16.5. The van der Waals surface area contributed by atoms with Crippen LogP contribution < -0.4 is 5.32 Å². The van der Waals surface area contributed by atoms with Gasteiger partial charge in [-0.3, -0.25) is 4.90 Å². The number of rotatable bonds is 7. The molecule has 1 N–H and O–H groups in total. The molecule has 1 aromatic heterocycles. The Hall–Kier alpha value is -1.87. The summed E-state index contributed by atoms with van der Waals surface area (Å²) >= 11 is 0. The van der Waals surface area contributed by atoms with Crippen molar-refractivity contribution in [2.75, 3.05) is 32.8 Å². The summed E-state index contributed by atoms with van der Waals surface area (Å²) in [7, 11) is 0. The fraction of sp³-hybridized carbons (Fsp3) is 0.550. The molecular weight excluding hydrogens is 312 g/mol. The Morgan fingerprint density at radius 3 is 2.76 bits per heavy atom. The quantitative estimate of drug-likeness (QED) is 0.842. The second kappa shape index (κ2) is 8.01. The summed E-state index contributed by atoms with van der Waals surface area (Å²) in [5.41, 5.74) is 2.62. The summed E-state index contributed by atoms with van der Waals surface area (Å²) in [6.45, 7) is 10.8. The maximum absolute atomic E-state index is 8.87. The van der Waals surface area contributed by atoms with E-state index >= 15 is 0 Å². The zero-order chi connectivity index (χ0) is 17.7. The Labute approximate surface area is 150 Å². The van der Waals surface area contributed by atoms with Crippen LogP contribution in [0.1, 0.15) is 25.8 Å². The summed E-state index contributed by atoms with van der Waals surface area (Å²) < 4.78 is 7.66. The maximum atomic E-state index is 8.87. The molecular formula is C20H28N4O. The lowest BCUT2D eigenvalue weighted by Crippen LogP contribution is -2.54. The predicted molar refractivity (Wildman–Crippen MR) is 100 cm³/mol.